The van der Waals surface area contributed by atoms with Crippen molar-refractivity contribution >= 4 is 104 Å². The van der Waals surface area contributed by atoms with Crippen molar-refractivity contribution in [2.75, 3.05) is 45.9 Å². The van der Waals surface area contributed by atoms with Crippen molar-refractivity contribution in [2.24, 2.45) is 0 Å². The molecule has 0 aromatic heterocycles. The molecule has 0 aliphatic rings. The number of rotatable bonds is 24. The number of carboxylic acid groups (broad SMARTS) is 1. The highest BCUT2D eigenvalue weighted by Gasteiger charge is 2.44. The molecule has 25 heteroatoms. The predicted octanol–water partition coefficient (Wildman–Crippen LogP) is 17.1. The Hall–Kier alpha value is -6.41. The monoisotopic (exact) mass is 1700 g/mol. The Morgan fingerprint density at radius 1 is 0.423 bits per heavy atom. The molecule has 6 aromatic carbocycles. The highest BCUT2D eigenvalue weighted by molar-refractivity contribution is 14.1. The van der Waals surface area contributed by atoms with Crippen molar-refractivity contribution < 1.29 is 79.2 Å². The summed E-state index contributed by atoms with van der Waals surface area (Å²) in [7, 11) is 0. The summed E-state index contributed by atoms with van der Waals surface area (Å²) in [4.78, 5) is 70.2. The van der Waals surface area contributed by atoms with E-state index in [1.165, 1.54) is 67.8 Å². The summed E-state index contributed by atoms with van der Waals surface area (Å²) in [6.07, 6.45) is 0.107. The lowest BCUT2D eigenvalue weighted by Crippen LogP contribution is -2.36. The Morgan fingerprint density at radius 3 is 0.928 bits per heavy atom. The van der Waals surface area contributed by atoms with Gasteiger partial charge in [-0.1, -0.05) is 130 Å². The van der Waals surface area contributed by atoms with Crippen molar-refractivity contribution in [2.45, 2.75) is 152 Å². The summed E-state index contributed by atoms with van der Waals surface area (Å²) in [6, 6.07) is 40.3. The second kappa shape index (κ2) is 45.3. The van der Waals surface area contributed by atoms with Gasteiger partial charge in [-0.15, -0.1) is 0 Å². The third-order valence-electron chi connectivity index (χ3n) is 12.7. The zero-order valence-electron chi connectivity index (χ0n) is 57.2. The minimum absolute atomic E-state index is 0.0626. The van der Waals surface area contributed by atoms with E-state index in [0.29, 0.717) is 38.3 Å². The summed E-state index contributed by atoms with van der Waals surface area (Å²) in [6.45, 7) is 30.1. The van der Waals surface area contributed by atoms with Crippen LogP contribution in [0.1, 0.15) is 145 Å². The van der Waals surface area contributed by atoms with E-state index < -0.39 is 64.1 Å². The summed E-state index contributed by atoms with van der Waals surface area (Å²) in [5.74, 6) is -16.3. The Bertz CT molecular complexity index is 3270. The molecule has 0 saturated carbocycles. The molecule has 0 spiro atoms. The number of aliphatic carboxylic acids is 1. The van der Waals surface area contributed by atoms with Crippen LogP contribution in [0.4, 0.5) is 35.9 Å². The van der Waals surface area contributed by atoms with Gasteiger partial charge in [-0.05, 0) is 221 Å². The van der Waals surface area contributed by atoms with E-state index in [0.717, 1.165) is 82.6 Å². The molecule has 0 unspecified atom stereocenters. The molecule has 6 aromatic rings. The first-order chi connectivity index (χ1) is 45.5. The van der Waals surface area contributed by atoms with Crippen molar-refractivity contribution in [1.29, 1.82) is 0 Å². The van der Waals surface area contributed by atoms with Crippen molar-refractivity contribution in [3.05, 3.63) is 206 Å². The Balaban J connectivity index is 0.000000597. The van der Waals surface area contributed by atoms with Gasteiger partial charge in [-0.25, -0.2) is 24.0 Å². The molecular formula is C72H92F6I3N5O11. The summed E-state index contributed by atoms with van der Waals surface area (Å²) >= 11 is 6.78. The molecular weight excluding hydrogens is 1610 g/mol. The normalized spacial score (nSPS) is 11.1. The molecule has 0 bridgehead atoms. The molecule has 97 heavy (non-hydrogen) atoms. The Kier molecular flexibility index (Phi) is 41.4. The van der Waals surface area contributed by atoms with E-state index in [9.17, 15) is 55.1 Å². The number of aldehydes is 1. The number of hydrogen-bond donors (Lipinski definition) is 4. The van der Waals surface area contributed by atoms with Gasteiger partial charge < -0.3 is 49.8 Å². The molecule has 0 aliphatic heterocycles. The lowest BCUT2D eigenvalue weighted by Gasteiger charge is -2.26. The zero-order chi connectivity index (χ0) is 73.6. The van der Waals surface area contributed by atoms with Crippen LogP contribution in [0, 0.1) is 10.7 Å². The van der Waals surface area contributed by atoms with E-state index in [1.807, 2.05) is 77.9 Å². The van der Waals surface area contributed by atoms with Crippen molar-refractivity contribution in [1.82, 2.24) is 25.8 Å². The highest BCUT2D eigenvalue weighted by Crippen LogP contribution is 2.32. The Labute approximate surface area is 608 Å². The number of halogens is 9. The molecule has 16 nitrogen and oxygen atoms in total. The van der Waals surface area contributed by atoms with Crippen LogP contribution in [0.2, 0.25) is 0 Å². The maximum Gasteiger partial charge on any atom is 0.410 e. The second-order valence-corrected chi connectivity index (χ2v) is 26.5. The number of carbonyl (C=O) groups is 6. The SMILES string of the molecule is CCN(Cc1ccc(I)cc1)C(=O)OC(C)(C)C.CCNCc1ccc(C(F)(F)C(=O)O)cc1.CCNCc1ccc(C(F)(F)C(=O)OCC)cc1.CCNCc1ccc(I)cc1.CCOC(=O)C(F)(F)c1ccc(CN(CC)C(=O)OC(C)(C)C)cc1.O=Cc1ccc(I)cc1. The topological polar surface area (TPSA) is 202 Å². The fourth-order valence-corrected chi connectivity index (χ4v) is 8.61. The quantitative estimate of drug-likeness (QED) is 0.0147. The van der Waals surface area contributed by atoms with Gasteiger partial charge in [0.25, 0.3) is 0 Å². The van der Waals surface area contributed by atoms with Crippen LogP contribution >= 0.6 is 67.8 Å². The second-order valence-electron chi connectivity index (χ2n) is 22.8. The van der Waals surface area contributed by atoms with Crippen LogP contribution in [0.3, 0.4) is 0 Å². The fourth-order valence-electron chi connectivity index (χ4n) is 7.53. The number of esters is 2. The van der Waals surface area contributed by atoms with Gasteiger partial charge in [0.1, 0.15) is 17.5 Å². The highest BCUT2D eigenvalue weighted by atomic mass is 127. The molecule has 0 aliphatic carbocycles. The molecule has 0 saturated heterocycles. The zero-order valence-corrected chi connectivity index (χ0v) is 63.7. The van der Waals surface area contributed by atoms with E-state index in [2.05, 4.69) is 124 Å². The van der Waals surface area contributed by atoms with Gasteiger partial charge in [-0.3, -0.25) is 4.79 Å². The molecule has 0 heterocycles. The number of hydrogen-bond acceptors (Lipinski definition) is 13. The van der Waals surface area contributed by atoms with Crippen LogP contribution in [0.25, 0.3) is 0 Å². The molecule has 0 atom stereocenters. The maximum atomic E-state index is 14.0. The van der Waals surface area contributed by atoms with Crippen molar-refractivity contribution in [3.8, 4) is 0 Å². The average Bonchev–Trinajstić information content (AvgIpc) is 0.841. The van der Waals surface area contributed by atoms with Crippen molar-refractivity contribution in [3.63, 3.8) is 0 Å². The number of benzene rings is 6. The van der Waals surface area contributed by atoms with Crippen LogP contribution in [-0.2, 0) is 83.8 Å². The largest absolute Gasteiger partial charge is 0.477 e. The molecule has 0 fully saturated rings. The number of ether oxygens (including phenoxy) is 4. The van der Waals surface area contributed by atoms with Gasteiger partial charge in [0.2, 0.25) is 0 Å². The first-order valence-electron chi connectivity index (χ1n) is 31.3. The third-order valence-corrected chi connectivity index (χ3v) is 14.8. The molecule has 4 N–H and O–H groups in total. The predicted molar refractivity (Wildman–Crippen MR) is 392 cm³/mol. The summed E-state index contributed by atoms with van der Waals surface area (Å²) in [5, 5.41) is 17.8. The number of carboxylic acids is 1. The van der Waals surface area contributed by atoms with Gasteiger partial charge in [-0.2, -0.15) is 26.3 Å². The average molecular weight is 1700 g/mol. The van der Waals surface area contributed by atoms with Gasteiger partial charge in [0, 0.05) is 78.8 Å². The molecule has 6 rings (SSSR count). The van der Waals surface area contributed by atoms with Crippen LogP contribution in [0.5, 0.6) is 0 Å². The van der Waals surface area contributed by atoms with E-state index in [-0.39, 0.29) is 31.4 Å². The van der Waals surface area contributed by atoms with Gasteiger partial charge in [0.05, 0.1) is 13.2 Å². The van der Waals surface area contributed by atoms with Crippen LogP contribution in [-0.4, -0.2) is 108 Å². The van der Waals surface area contributed by atoms with E-state index >= 15 is 0 Å². The summed E-state index contributed by atoms with van der Waals surface area (Å²) < 4.78 is 104. The third kappa shape index (κ3) is 35.3. The lowest BCUT2D eigenvalue weighted by atomic mass is 10.1. The van der Waals surface area contributed by atoms with E-state index in [1.54, 1.807) is 56.9 Å². The minimum Gasteiger partial charge on any atom is -0.477 e. The van der Waals surface area contributed by atoms with Crippen LogP contribution in [0.15, 0.2) is 146 Å². The number of amides is 2. The minimum atomic E-state index is -3.82. The Morgan fingerprint density at radius 2 is 0.680 bits per heavy atom. The maximum absolute atomic E-state index is 14.0. The standard InChI is InChI=1S/C18H25F2NO4.C14H20INO2.C13H17F2NO2.C11H13F2NO2.C9H12IN.C7H5IO/c1-6-21(16(23)25-17(3,4)5)12-13-8-10-14(11-9-13)18(19,20)15(22)24-7-2;1-5-16(13(17)18-14(2,3)4)10-11-6-8-12(15)9-7-11;1-3-16-9-10-5-7-11(8-6-10)13(14,15)12(17)18-4-2;1-2-14-7-8-3-5-9(6-4-8)11(12,13)10(15)16;1-2-11-7-8-3-5-9(10)6-4-8;8-7-3-1-6(5-9)2-4-7/h8-11H,6-7,12H2,1-5H3;6-9H,5,10H2,1-4H3;5-8,16H,3-4,9H2,1-2H3;3-6,14H,2,7H2,1H3,(H,15,16);3-6,11H,2,7H2,1H3;1-5H. The van der Waals surface area contributed by atoms with E-state index in [4.69, 9.17) is 14.6 Å². The molecule has 534 valence electrons. The molecule has 2 amide bonds. The molecule has 0 radical (unpaired) electrons. The number of nitrogens with one attached hydrogen (secondary N) is 3. The first-order valence-corrected chi connectivity index (χ1v) is 34.5. The van der Waals surface area contributed by atoms with Crippen LogP contribution < -0.4 is 16.0 Å². The summed E-state index contributed by atoms with van der Waals surface area (Å²) in [5.41, 5.74) is 3.22. The smallest absolute Gasteiger partial charge is 0.410 e. The first kappa shape index (κ1) is 88.6. The van der Waals surface area contributed by atoms with Gasteiger partial charge in [0.15, 0.2) is 0 Å². The number of nitrogens with zero attached hydrogens (tertiary/aromatic N) is 2. The number of carbonyl (C=O) groups excluding carboxylic acids is 5. The fraction of sp³-hybridized carbons (Fsp3) is 0.417. The number of alkyl halides is 6. The van der Waals surface area contributed by atoms with Gasteiger partial charge >= 0.3 is 47.9 Å². The lowest BCUT2D eigenvalue weighted by molar-refractivity contribution is -0.173.